The first-order chi connectivity index (χ1) is 11.7. The van der Waals surface area contributed by atoms with Gasteiger partial charge in [-0.2, -0.15) is 0 Å². The van der Waals surface area contributed by atoms with Gasteiger partial charge in [-0.1, -0.05) is 43.3 Å². The minimum absolute atomic E-state index is 0.270. The van der Waals surface area contributed by atoms with Crippen molar-refractivity contribution < 1.29 is 4.79 Å². The second-order valence-corrected chi connectivity index (χ2v) is 6.53. The Bertz CT molecular complexity index is 636. The molecule has 1 aliphatic rings. The maximum atomic E-state index is 12.5. The molecule has 0 radical (unpaired) electrons. The van der Waals surface area contributed by atoms with Crippen LogP contribution in [0.25, 0.3) is 0 Å². The number of hydrogen-bond donors (Lipinski definition) is 0. The summed E-state index contributed by atoms with van der Waals surface area (Å²) in [4.78, 5) is 21.1. The average Bonchev–Trinajstić information content (AvgIpc) is 2.64. The molecular formula is C20H25N3O. The largest absolute Gasteiger partial charge is 0.340 e. The molecular weight excluding hydrogens is 298 g/mol. The Morgan fingerprint density at radius 1 is 1.08 bits per heavy atom. The second-order valence-electron chi connectivity index (χ2n) is 6.53. The zero-order valence-electron chi connectivity index (χ0n) is 14.3. The highest BCUT2D eigenvalue weighted by atomic mass is 16.2. The van der Waals surface area contributed by atoms with Crippen LogP contribution < -0.4 is 0 Å². The molecule has 1 atom stereocenters. The van der Waals surface area contributed by atoms with E-state index in [2.05, 4.69) is 35.0 Å². The van der Waals surface area contributed by atoms with E-state index in [0.29, 0.717) is 6.42 Å². The number of carbonyl (C=O) groups is 1. The number of aromatic nitrogens is 1. The van der Waals surface area contributed by atoms with Crippen molar-refractivity contribution in [3.63, 3.8) is 0 Å². The summed E-state index contributed by atoms with van der Waals surface area (Å²) >= 11 is 0. The van der Waals surface area contributed by atoms with E-state index >= 15 is 0 Å². The molecule has 2 heterocycles. The Morgan fingerprint density at radius 3 is 2.50 bits per heavy atom. The van der Waals surface area contributed by atoms with Gasteiger partial charge in [-0.25, -0.2) is 0 Å². The topological polar surface area (TPSA) is 36.4 Å². The molecule has 2 aromatic rings. The molecule has 1 aromatic carbocycles. The van der Waals surface area contributed by atoms with Gasteiger partial charge in [0, 0.05) is 51.5 Å². The molecule has 1 aliphatic heterocycles. The smallest absolute Gasteiger partial charge is 0.223 e. The van der Waals surface area contributed by atoms with E-state index in [0.717, 1.165) is 32.7 Å². The fourth-order valence-corrected chi connectivity index (χ4v) is 3.20. The molecule has 24 heavy (non-hydrogen) atoms. The SMILES string of the molecule is CC(CC(=O)N1CCN(Cc2cccnc2)CC1)c1ccccc1. The van der Waals surface area contributed by atoms with Crippen LogP contribution in [0.2, 0.25) is 0 Å². The average molecular weight is 323 g/mol. The predicted molar refractivity (Wildman–Crippen MR) is 95.6 cm³/mol. The molecule has 0 N–H and O–H groups in total. The van der Waals surface area contributed by atoms with E-state index in [1.165, 1.54) is 11.1 Å². The third-order valence-electron chi connectivity index (χ3n) is 4.70. The molecule has 0 spiro atoms. The number of carbonyl (C=O) groups excluding carboxylic acids is 1. The van der Waals surface area contributed by atoms with Gasteiger partial charge in [-0.05, 0) is 23.1 Å². The molecule has 1 unspecified atom stereocenters. The van der Waals surface area contributed by atoms with Crippen LogP contribution in [0, 0.1) is 0 Å². The number of pyridine rings is 1. The van der Waals surface area contributed by atoms with Crippen LogP contribution in [0.4, 0.5) is 0 Å². The monoisotopic (exact) mass is 323 g/mol. The lowest BCUT2D eigenvalue weighted by atomic mass is 9.97. The molecule has 1 fully saturated rings. The molecule has 0 aliphatic carbocycles. The van der Waals surface area contributed by atoms with Gasteiger partial charge in [-0.15, -0.1) is 0 Å². The van der Waals surface area contributed by atoms with E-state index in [1.807, 2.05) is 35.4 Å². The highest BCUT2D eigenvalue weighted by molar-refractivity contribution is 5.77. The van der Waals surface area contributed by atoms with Crippen molar-refractivity contribution in [1.29, 1.82) is 0 Å². The number of benzene rings is 1. The standard InChI is InChI=1S/C20H25N3O/c1-17(19-7-3-2-4-8-19)14-20(24)23-12-10-22(11-13-23)16-18-6-5-9-21-15-18/h2-9,15,17H,10-14,16H2,1H3. The fourth-order valence-electron chi connectivity index (χ4n) is 3.20. The first-order valence-electron chi connectivity index (χ1n) is 8.66. The second kappa shape index (κ2) is 8.06. The molecule has 0 bridgehead atoms. The van der Waals surface area contributed by atoms with Crippen molar-refractivity contribution in [2.75, 3.05) is 26.2 Å². The Hall–Kier alpha value is -2.20. The normalized spacial score (nSPS) is 16.8. The van der Waals surface area contributed by atoms with Gasteiger partial charge >= 0.3 is 0 Å². The van der Waals surface area contributed by atoms with Gasteiger partial charge in [0.15, 0.2) is 0 Å². The van der Waals surface area contributed by atoms with E-state index < -0.39 is 0 Å². The summed E-state index contributed by atoms with van der Waals surface area (Å²) in [5, 5.41) is 0. The van der Waals surface area contributed by atoms with Crippen LogP contribution in [-0.2, 0) is 11.3 Å². The van der Waals surface area contributed by atoms with Gasteiger partial charge in [-0.3, -0.25) is 14.7 Å². The first kappa shape index (κ1) is 16.7. The van der Waals surface area contributed by atoms with Crippen LogP contribution >= 0.6 is 0 Å². The molecule has 4 heteroatoms. The zero-order valence-corrected chi connectivity index (χ0v) is 14.3. The van der Waals surface area contributed by atoms with Crippen LogP contribution in [0.15, 0.2) is 54.9 Å². The van der Waals surface area contributed by atoms with Gasteiger partial charge < -0.3 is 4.90 Å². The van der Waals surface area contributed by atoms with Crippen LogP contribution in [0.5, 0.6) is 0 Å². The number of hydrogen-bond acceptors (Lipinski definition) is 3. The maximum Gasteiger partial charge on any atom is 0.223 e. The summed E-state index contributed by atoms with van der Waals surface area (Å²) in [6.07, 6.45) is 4.31. The summed E-state index contributed by atoms with van der Waals surface area (Å²) < 4.78 is 0. The Labute approximate surface area is 144 Å². The molecule has 1 aromatic heterocycles. The highest BCUT2D eigenvalue weighted by Crippen LogP contribution is 2.20. The summed E-state index contributed by atoms with van der Waals surface area (Å²) in [6.45, 7) is 6.55. The van der Waals surface area contributed by atoms with Crippen LogP contribution in [0.3, 0.4) is 0 Å². The molecule has 4 nitrogen and oxygen atoms in total. The van der Waals surface area contributed by atoms with E-state index in [-0.39, 0.29) is 11.8 Å². The third-order valence-corrected chi connectivity index (χ3v) is 4.70. The number of amides is 1. The quantitative estimate of drug-likeness (QED) is 0.849. The third kappa shape index (κ3) is 4.42. The zero-order chi connectivity index (χ0) is 16.8. The minimum Gasteiger partial charge on any atom is -0.340 e. The lowest BCUT2D eigenvalue weighted by Gasteiger charge is -2.35. The fraction of sp³-hybridized carbons (Fsp3) is 0.400. The van der Waals surface area contributed by atoms with Gasteiger partial charge in [0.25, 0.3) is 0 Å². The molecule has 1 amide bonds. The molecule has 126 valence electrons. The summed E-state index contributed by atoms with van der Waals surface area (Å²) in [5.74, 6) is 0.541. The lowest BCUT2D eigenvalue weighted by Crippen LogP contribution is -2.48. The van der Waals surface area contributed by atoms with Crippen LogP contribution in [-0.4, -0.2) is 46.9 Å². The summed E-state index contributed by atoms with van der Waals surface area (Å²) in [6, 6.07) is 14.4. The van der Waals surface area contributed by atoms with E-state index in [1.54, 1.807) is 6.20 Å². The summed E-state index contributed by atoms with van der Waals surface area (Å²) in [5.41, 5.74) is 2.47. The number of piperazine rings is 1. The van der Waals surface area contributed by atoms with Crippen molar-refractivity contribution in [2.45, 2.75) is 25.8 Å². The Balaban J connectivity index is 1.47. The molecule has 3 rings (SSSR count). The highest BCUT2D eigenvalue weighted by Gasteiger charge is 2.22. The lowest BCUT2D eigenvalue weighted by molar-refractivity contribution is -0.133. The van der Waals surface area contributed by atoms with Crippen molar-refractivity contribution in [3.05, 3.63) is 66.0 Å². The molecule has 1 saturated heterocycles. The predicted octanol–water partition coefficient (Wildman–Crippen LogP) is 2.92. The first-order valence-corrected chi connectivity index (χ1v) is 8.66. The Kier molecular flexibility index (Phi) is 5.59. The van der Waals surface area contributed by atoms with Gasteiger partial charge in [0.1, 0.15) is 0 Å². The Morgan fingerprint density at radius 2 is 1.83 bits per heavy atom. The molecule has 0 saturated carbocycles. The number of rotatable bonds is 5. The van der Waals surface area contributed by atoms with E-state index in [4.69, 9.17) is 0 Å². The minimum atomic E-state index is 0.270. The maximum absolute atomic E-state index is 12.5. The van der Waals surface area contributed by atoms with Crippen molar-refractivity contribution in [2.24, 2.45) is 0 Å². The summed E-state index contributed by atoms with van der Waals surface area (Å²) in [7, 11) is 0. The van der Waals surface area contributed by atoms with Crippen molar-refractivity contribution in [1.82, 2.24) is 14.8 Å². The van der Waals surface area contributed by atoms with Crippen molar-refractivity contribution in [3.8, 4) is 0 Å². The number of nitrogens with zero attached hydrogens (tertiary/aromatic N) is 3. The van der Waals surface area contributed by atoms with Crippen LogP contribution in [0.1, 0.15) is 30.4 Å². The van der Waals surface area contributed by atoms with E-state index in [9.17, 15) is 4.79 Å². The van der Waals surface area contributed by atoms with Gasteiger partial charge in [0.2, 0.25) is 5.91 Å². The van der Waals surface area contributed by atoms with Crippen molar-refractivity contribution >= 4 is 5.91 Å². The van der Waals surface area contributed by atoms with Gasteiger partial charge in [0.05, 0.1) is 0 Å².